The van der Waals surface area contributed by atoms with Crippen molar-refractivity contribution in [1.29, 1.82) is 0 Å². The number of thioether (sulfide) groups is 1. The minimum absolute atomic E-state index is 0.110. The summed E-state index contributed by atoms with van der Waals surface area (Å²) >= 11 is 1.60. The number of terminal acetylenes is 1. The van der Waals surface area contributed by atoms with Crippen molar-refractivity contribution in [2.24, 2.45) is 0 Å². The fourth-order valence-corrected chi connectivity index (χ4v) is 2.08. The Morgan fingerprint density at radius 3 is 2.95 bits per heavy atom. The van der Waals surface area contributed by atoms with Crippen LogP contribution in [0.15, 0.2) is 23.4 Å². The fourth-order valence-electron chi connectivity index (χ4n) is 1.44. The molecule has 0 unspecified atom stereocenters. The van der Waals surface area contributed by atoms with Gasteiger partial charge in [-0.25, -0.2) is 4.98 Å². The molecule has 1 aromatic rings. The van der Waals surface area contributed by atoms with E-state index in [2.05, 4.69) is 22.7 Å². The van der Waals surface area contributed by atoms with Gasteiger partial charge in [0, 0.05) is 11.8 Å². The molecule has 0 aromatic carbocycles. The fraction of sp³-hybridized carbons (Fsp3) is 0.333. The van der Waals surface area contributed by atoms with Crippen molar-refractivity contribution >= 4 is 17.7 Å². The Labute approximate surface area is 118 Å². The number of amides is 1. The summed E-state index contributed by atoms with van der Waals surface area (Å²) < 4.78 is 0. The zero-order valence-corrected chi connectivity index (χ0v) is 12.0. The van der Waals surface area contributed by atoms with Crippen LogP contribution in [-0.2, 0) is 0 Å². The number of hydrogen-bond acceptors (Lipinski definition) is 3. The average Bonchev–Trinajstić information content (AvgIpc) is 2.43. The van der Waals surface area contributed by atoms with Crippen molar-refractivity contribution in [3.8, 4) is 24.2 Å². The van der Waals surface area contributed by atoms with Crippen LogP contribution in [0.3, 0.4) is 0 Å². The second-order valence-corrected chi connectivity index (χ2v) is 4.89. The van der Waals surface area contributed by atoms with E-state index in [1.807, 2.05) is 6.92 Å². The molecule has 0 aliphatic carbocycles. The number of rotatable bonds is 5. The Morgan fingerprint density at radius 1 is 1.53 bits per heavy atom. The van der Waals surface area contributed by atoms with Crippen LogP contribution in [0.2, 0.25) is 0 Å². The van der Waals surface area contributed by atoms with Crippen LogP contribution in [0, 0.1) is 24.2 Å². The molecule has 98 valence electrons. The molecule has 0 saturated heterocycles. The van der Waals surface area contributed by atoms with Gasteiger partial charge in [0.1, 0.15) is 0 Å². The first kappa shape index (κ1) is 15.1. The van der Waals surface area contributed by atoms with Gasteiger partial charge in [-0.05, 0) is 24.8 Å². The molecule has 0 saturated carbocycles. The minimum atomic E-state index is -0.110. The van der Waals surface area contributed by atoms with Crippen molar-refractivity contribution < 1.29 is 4.79 Å². The molecule has 0 atom stereocenters. The largest absolute Gasteiger partial charge is 0.316 e. The van der Waals surface area contributed by atoms with Gasteiger partial charge in [0.25, 0.3) is 5.91 Å². The molecule has 1 aromatic heterocycles. The SMILES string of the molecule is C#CCN(CC#CC)C(=O)c1ccnc(SCC)c1. The summed E-state index contributed by atoms with van der Waals surface area (Å²) in [7, 11) is 0. The topological polar surface area (TPSA) is 33.2 Å². The van der Waals surface area contributed by atoms with Crippen LogP contribution in [0.25, 0.3) is 0 Å². The highest BCUT2D eigenvalue weighted by molar-refractivity contribution is 7.99. The number of nitrogens with zero attached hydrogens (tertiary/aromatic N) is 2. The highest BCUT2D eigenvalue weighted by Crippen LogP contribution is 2.16. The third-order valence-corrected chi connectivity index (χ3v) is 3.10. The van der Waals surface area contributed by atoms with E-state index in [0.717, 1.165) is 10.8 Å². The third kappa shape index (κ3) is 4.69. The van der Waals surface area contributed by atoms with Gasteiger partial charge in [-0.1, -0.05) is 18.8 Å². The number of carbonyl (C=O) groups is 1. The molecule has 1 heterocycles. The summed E-state index contributed by atoms with van der Waals surface area (Å²) in [6.45, 7) is 4.38. The minimum Gasteiger partial charge on any atom is -0.316 e. The van der Waals surface area contributed by atoms with Gasteiger partial charge in [-0.2, -0.15) is 0 Å². The van der Waals surface area contributed by atoms with Crippen molar-refractivity contribution in [1.82, 2.24) is 9.88 Å². The summed E-state index contributed by atoms with van der Waals surface area (Å²) in [5, 5.41) is 0.843. The van der Waals surface area contributed by atoms with Gasteiger partial charge in [0.05, 0.1) is 18.1 Å². The van der Waals surface area contributed by atoms with E-state index in [9.17, 15) is 4.79 Å². The van der Waals surface area contributed by atoms with Crippen LogP contribution in [-0.4, -0.2) is 34.6 Å². The average molecular weight is 272 g/mol. The first-order valence-corrected chi connectivity index (χ1v) is 6.92. The summed E-state index contributed by atoms with van der Waals surface area (Å²) in [6, 6.07) is 3.49. The monoisotopic (exact) mass is 272 g/mol. The molecule has 1 rings (SSSR count). The lowest BCUT2D eigenvalue weighted by Crippen LogP contribution is -2.31. The van der Waals surface area contributed by atoms with Gasteiger partial charge in [0.15, 0.2) is 0 Å². The van der Waals surface area contributed by atoms with Gasteiger partial charge < -0.3 is 4.90 Å². The molecule has 4 heteroatoms. The lowest BCUT2D eigenvalue weighted by atomic mass is 10.2. The van der Waals surface area contributed by atoms with E-state index < -0.39 is 0 Å². The second-order valence-electron chi connectivity index (χ2n) is 3.61. The zero-order chi connectivity index (χ0) is 14.1. The molecule has 1 amide bonds. The summed E-state index contributed by atoms with van der Waals surface area (Å²) in [5.74, 6) is 8.92. The maximum atomic E-state index is 12.3. The normalized spacial score (nSPS) is 9.11. The smallest absolute Gasteiger partial charge is 0.255 e. The van der Waals surface area contributed by atoms with Gasteiger partial charge >= 0.3 is 0 Å². The van der Waals surface area contributed by atoms with Gasteiger partial charge in [-0.3, -0.25) is 4.79 Å². The lowest BCUT2D eigenvalue weighted by molar-refractivity contribution is 0.0795. The van der Waals surface area contributed by atoms with Gasteiger partial charge in [-0.15, -0.1) is 24.1 Å². The predicted molar refractivity (Wildman–Crippen MR) is 78.8 cm³/mol. The van der Waals surface area contributed by atoms with Crippen LogP contribution >= 0.6 is 11.8 Å². The van der Waals surface area contributed by atoms with Crippen LogP contribution in [0.5, 0.6) is 0 Å². The van der Waals surface area contributed by atoms with Gasteiger partial charge in [0.2, 0.25) is 0 Å². The Hall–Kier alpha value is -1.91. The first-order chi connectivity index (χ1) is 9.22. The summed E-state index contributed by atoms with van der Waals surface area (Å²) in [4.78, 5) is 18.1. The van der Waals surface area contributed by atoms with E-state index in [1.54, 1.807) is 41.9 Å². The molecule has 19 heavy (non-hydrogen) atoms. The maximum absolute atomic E-state index is 12.3. The zero-order valence-electron chi connectivity index (χ0n) is 11.1. The molecule has 0 spiro atoms. The molecular weight excluding hydrogens is 256 g/mol. The Balaban J connectivity index is 2.91. The number of pyridine rings is 1. The highest BCUT2D eigenvalue weighted by atomic mass is 32.2. The van der Waals surface area contributed by atoms with Crippen molar-refractivity contribution in [2.75, 3.05) is 18.8 Å². The Bertz CT molecular complexity index is 537. The number of aromatic nitrogens is 1. The Morgan fingerprint density at radius 2 is 2.32 bits per heavy atom. The number of carbonyl (C=O) groups excluding carboxylic acids is 1. The molecular formula is C15H16N2OS. The summed E-state index contributed by atoms with van der Waals surface area (Å²) in [6.07, 6.45) is 6.93. The van der Waals surface area contributed by atoms with E-state index in [-0.39, 0.29) is 12.5 Å². The molecule has 3 nitrogen and oxygen atoms in total. The summed E-state index contributed by atoms with van der Waals surface area (Å²) in [5.41, 5.74) is 0.596. The number of hydrogen-bond donors (Lipinski definition) is 0. The van der Waals surface area contributed by atoms with Crippen LogP contribution in [0.1, 0.15) is 24.2 Å². The van der Waals surface area contributed by atoms with Crippen molar-refractivity contribution in [3.05, 3.63) is 23.9 Å². The van der Waals surface area contributed by atoms with E-state index in [4.69, 9.17) is 6.42 Å². The standard InChI is InChI=1S/C15H16N2OS/c1-4-7-11-17(10-5-2)15(18)13-8-9-16-14(12-13)19-6-3/h2,8-9,12H,6,10-11H2,1,3H3. The highest BCUT2D eigenvalue weighted by Gasteiger charge is 2.14. The molecule has 0 radical (unpaired) electrons. The Kier molecular flexibility index (Phi) is 6.57. The van der Waals surface area contributed by atoms with Crippen molar-refractivity contribution in [2.45, 2.75) is 18.9 Å². The molecule has 0 N–H and O–H groups in total. The van der Waals surface area contributed by atoms with Crippen LogP contribution < -0.4 is 0 Å². The third-order valence-electron chi connectivity index (χ3n) is 2.29. The molecule has 0 aliphatic rings. The predicted octanol–water partition coefficient (Wildman–Crippen LogP) is 2.29. The molecule has 0 bridgehead atoms. The molecule has 0 aliphatic heterocycles. The van der Waals surface area contributed by atoms with E-state index in [0.29, 0.717) is 12.1 Å². The molecule has 0 fully saturated rings. The van der Waals surface area contributed by atoms with E-state index in [1.165, 1.54) is 0 Å². The van der Waals surface area contributed by atoms with Crippen molar-refractivity contribution in [3.63, 3.8) is 0 Å². The lowest BCUT2D eigenvalue weighted by Gasteiger charge is -2.17. The first-order valence-electron chi connectivity index (χ1n) is 5.94. The maximum Gasteiger partial charge on any atom is 0.255 e. The second kappa shape index (κ2) is 8.24. The van der Waals surface area contributed by atoms with Crippen LogP contribution in [0.4, 0.5) is 0 Å². The van der Waals surface area contributed by atoms with E-state index >= 15 is 0 Å². The quantitative estimate of drug-likeness (QED) is 0.609.